The molecule has 0 bridgehead atoms. The Kier molecular flexibility index (Phi) is 4.71. The van der Waals surface area contributed by atoms with Crippen molar-refractivity contribution < 1.29 is 4.42 Å². The Morgan fingerprint density at radius 2 is 2.37 bits per heavy atom. The molecule has 0 aliphatic heterocycles. The predicted molar refractivity (Wildman–Crippen MR) is 72.3 cm³/mol. The third-order valence-corrected chi connectivity index (χ3v) is 3.00. The number of nitrogens with zero attached hydrogens (tertiary/aromatic N) is 2. The van der Waals surface area contributed by atoms with Crippen LogP contribution in [0.4, 0.5) is 0 Å². The van der Waals surface area contributed by atoms with Gasteiger partial charge in [-0.2, -0.15) is 5.26 Å². The summed E-state index contributed by atoms with van der Waals surface area (Å²) in [6, 6.07) is 10.1. The summed E-state index contributed by atoms with van der Waals surface area (Å²) in [4.78, 5) is 3.95. The average molecular weight is 255 g/mol. The Hall–Kier alpha value is -2.12. The molecule has 2 aromatic heterocycles. The molecule has 0 aromatic carbocycles. The molecule has 0 saturated carbocycles. The lowest BCUT2D eigenvalue weighted by atomic mass is 10.1. The quantitative estimate of drug-likeness (QED) is 0.862. The fourth-order valence-corrected chi connectivity index (χ4v) is 1.85. The van der Waals surface area contributed by atoms with Crippen molar-refractivity contribution in [2.75, 3.05) is 0 Å². The number of aryl methyl sites for hydroxylation is 1. The number of nitrogens with one attached hydrogen (secondary N) is 1. The van der Waals surface area contributed by atoms with E-state index in [0.29, 0.717) is 11.7 Å². The van der Waals surface area contributed by atoms with Crippen LogP contribution in [0.1, 0.15) is 30.4 Å². The van der Waals surface area contributed by atoms with E-state index in [1.165, 1.54) is 0 Å². The van der Waals surface area contributed by atoms with E-state index < -0.39 is 0 Å². The molecule has 2 heterocycles. The van der Waals surface area contributed by atoms with Gasteiger partial charge in [0.15, 0.2) is 0 Å². The van der Waals surface area contributed by atoms with Crippen LogP contribution in [-0.4, -0.2) is 11.0 Å². The van der Waals surface area contributed by atoms with Gasteiger partial charge in [-0.1, -0.05) is 0 Å². The van der Waals surface area contributed by atoms with Gasteiger partial charge < -0.3 is 9.73 Å². The van der Waals surface area contributed by atoms with E-state index in [9.17, 15) is 0 Å². The average Bonchev–Trinajstić information content (AvgIpc) is 2.96. The van der Waals surface area contributed by atoms with Crippen molar-refractivity contribution in [3.63, 3.8) is 0 Å². The van der Waals surface area contributed by atoms with E-state index in [2.05, 4.69) is 17.2 Å². The molecule has 1 unspecified atom stereocenters. The van der Waals surface area contributed by atoms with Gasteiger partial charge in [0, 0.05) is 25.2 Å². The first-order valence-electron chi connectivity index (χ1n) is 6.38. The van der Waals surface area contributed by atoms with Gasteiger partial charge in [-0.3, -0.25) is 0 Å². The second-order valence-electron chi connectivity index (χ2n) is 4.56. The van der Waals surface area contributed by atoms with Crippen LogP contribution in [0.3, 0.4) is 0 Å². The smallest absolute Gasteiger partial charge is 0.140 e. The molecule has 0 fully saturated rings. The van der Waals surface area contributed by atoms with Gasteiger partial charge in [-0.25, -0.2) is 4.98 Å². The number of aromatic nitrogens is 1. The molecule has 0 saturated heterocycles. The first kappa shape index (κ1) is 13.3. The van der Waals surface area contributed by atoms with Gasteiger partial charge in [0.2, 0.25) is 0 Å². The zero-order chi connectivity index (χ0) is 13.5. The summed E-state index contributed by atoms with van der Waals surface area (Å²) in [5.74, 6) is 1.02. The molecule has 4 nitrogen and oxygen atoms in total. The van der Waals surface area contributed by atoms with E-state index in [-0.39, 0.29) is 0 Å². The molecule has 0 radical (unpaired) electrons. The minimum Gasteiger partial charge on any atom is -0.469 e. The molecule has 98 valence electrons. The van der Waals surface area contributed by atoms with E-state index in [1.807, 2.05) is 30.3 Å². The minimum absolute atomic E-state index is 0.392. The first-order chi connectivity index (χ1) is 9.28. The Balaban J connectivity index is 1.76. The van der Waals surface area contributed by atoms with Crippen molar-refractivity contribution in [2.45, 2.75) is 32.4 Å². The normalized spacial score (nSPS) is 12.0. The van der Waals surface area contributed by atoms with Gasteiger partial charge in [0.1, 0.15) is 17.5 Å². The molecule has 1 N–H and O–H groups in total. The zero-order valence-electron chi connectivity index (χ0n) is 11.0. The maximum absolute atomic E-state index is 8.79. The van der Waals surface area contributed by atoms with Gasteiger partial charge in [-0.05, 0) is 43.2 Å². The maximum atomic E-state index is 8.79. The number of hydrogen-bond donors (Lipinski definition) is 1. The first-order valence-corrected chi connectivity index (χ1v) is 6.38. The Morgan fingerprint density at radius 3 is 3.11 bits per heavy atom. The lowest BCUT2D eigenvalue weighted by molar-refractivity contribution is 0.460. The molecular formula is C15H17N3O. The highest BCUT2D eigenvalue weighted by Crippen LogP contribution is 2.07. The molecule has 1 atom stereocenters. The van der Waals surface area contributed by atoms with Crippen LogP contribution in [0.5, 0.6) is 0 Å². The van der Waals surface area contributed by atoms with Crippen LogP contribution in [-0.2, 0) is 13.0 Å². The summed E-state index contributed by atoms with van der Waals surface area (Å²) < 4.78 is 5.30. The van der Waals surface area contributed by atoms with E-state index in [0.717, 1.165) is 30.7 Å². The number of furan rings is 1. The number of rotatable bonds is 6. The molecule has 2 rings (SSSR count). The molecule has 0 spiro atoms. The van der Waals surface area contributed by atoms with Crippen molar-refractivity contribution in [1.82, 2.24) is 10.3 Å². The monoisotopic (exact) mass is 255 g/mol. The minimum atomic E-state index is 0.392. The lowest BCUT2D eigenvalue weighted by Crippen LogP contribution is -2.26. The highest BCUT2D eigenvalue weighted by Gasteiger charge is 2.04. The highest BCUT2D eigenvalue weighted by atomic mass is 16.3. The zero-order valence-corrected chi connectivity index (χ0v) is 11.0. The van der Waals surface area contributed by atoms with Crippen molar-refractivity contribution in [3.8, 4) is 6.07 Å². The molecular weight excluding hydrogens is 238 g/mol. The van der Waals surface area contributed by atoms with Crippen LogP contribution >= 0.6 is 0 Å². The number of nitriles is 1. The summed E-state index contributed by atoms with van der Waals surface area (Å²) >= 11 is 0. The van der Waals surface area contributed by atoms with Crippen molar-refractivity contribution in [2.24, 2.45) is 0 Å². The molecule has 0 aliphatic rings. The summed E-state index contributed by atoms with van der Waals surface area (Å²) in [5, 5.41) is 12.2. The van der Waals surface area contributed by atoms with Crippen molar-refractivity contribution in [3.05, 3.63) is 53.7 Å². The SMILES string of the molecule is CC(CCc1ccco1)NCc1ccnc(C#N)c1. The number of pyridine rings is 1. The van der Waals surface area contributed by atoms with E-state index in [1.54, 1.807) is 12.5 Å². The Labute approximate surface area is 113 Å². The molecule has 19 heavy (non-hydrogen) atoms. The highest BCUT2D eigenvalue weighted by molar-refractivity contribution is 5.25. The Bertz CT molecular complexity index is 543. The van der Waals surface area contributed by atoms with E-state index >= 15 is 0 Å². The molecule has 0 aliphatic carbocycles. The summed E-state index contributed by atoms with van der Waals surface area (Å²) in [6.07, 6.45) is 5.32. The van der Waals surface area contributed by atoms with Crippen LogP contribution in [0.25, 0.3) is 0 Å². The fraction of sp³-hybridized carbons (Fsp3) is 0.333. The predicted octanol–water partition coefficient (Wildman–Crippen LogP) is 2.66. The van der Waals surface area contributed by atoms with Crippen LogP contribution in [0, 0.1) is 11.3 Å². The Morgan fingerprint density at radius 1 is 1.47 bits per heavy atom. The second kappa shape index (κ2) is 6.72. The van der Waals surface area contributed by atoms with Gasteiger partial charge >= 0.3 is 0 Å². The maximum Gasteiger partial charge on any atom is 0.140 e. The summed E-state index contributed by atoms with van der Waals surface area (Å²) in [5.41, 5.74) is 1.54. The van der Waals surface area contributed by atoms with Gasteiger partial charge in [0.05, 0.1) is 6.26 Å². The summed E-state index contributed by atoms with van der Waals surface area (Å²) in [6.45, 7) is 2.89. The second-order valence-corrected chi connectivity index (χ2v) is 4.56. The van der Waals surface area contributed by atoms with Gasteiger partial charge in [0.25, 0.3) is 0 Å². The van der Waals surface area contributed by atoms with E-state index in [4.69, 9.17) is 9.68 Å². The van der Waals surface area contributed by atoms with Gasteiger partial charge in [-0.15, -0.1) is 0 Å². The molecule has 4 heteroatoms. The molecule has 0 amide bonds. The van der Waals surface area contributed by atoms with Crippen molar-refractivity contribution in [1.29, 1.82) is 5.26 Å². The third-order valence-electron chi connectivity index (χ3n) is 3.00. The van der Waals surface area contributed by atoms with Crippen molar-refractivity contribution >= 4 is 0 Å². The van der Waals surface area contributed by atoms with Crippen LogP contribution in [0.15, 0.2) is 41.1 Å². The fourth-order valence-electron chi connectivity index (χ4n) is 1.85. The lowest BCUT2D eigenvalue weighted by Gasteiger charge is -2.13. The topological polar surface area (TPSA) is 61.9 Å². The largest absolute Gasteiger partial charge is 0.469 e. The van der Waals surface area contributed by atoms with Crippen LogP contribution in [0.2, 0.25) is 0 Å². The number of hydrogen-bond acceptors (Lipinski definition) is 4. The summed E-state index contributed by atoms with van der Waals surface area (Å²) in [7, 11) is 0. The van der Waals surface area contributed by atoms with Crippen LogP contribution < -0.4 is 5.32 Å². The molecule has 2 aromatic rings. The third kappa shape index (κ3) is 4.23. The standard InChI is InChI=1S/C15H17N3O/c1-12(4-5-15-3-2-8-19-15)18-11-13-6-7-17-14(9-13)10-16/h2-3,6-9,12,18H,4-5,11H2,1H3.